The number of nitrogens with zero attached hydrogens (tertiary/aromatic N) is 2. The molecule has 0 spiro atoms. The van der Waals surface area contributed by atoms with Crippen molar-refractivity contribution < 1.29 is 14.3 Å². The van der Waals surface area contributed by atoms with E-state index in [9.17, 15) is 9.59 Å². The minimum Gasteiger partial charge on any atom is -0.466 e. The van der Waals surface area contributed by atoms with E-state index in [0.29, 0.717) is 18.7 Å². The first-order valence-corrected chi connectivity index (χ1v) is 6.45. The van der Waals surface area contributed by atoms with Crippen LogP contribution < -0.4 is 0 Å². The molecule has 0 saturated carbocycles. The number of rotatable bonds is 6. The van der Waals surface area contributed by atoms with Crippen LogP contribution in [-0.2, 0) is 20.7 Å². The highest BCUT2D eigenvalue weighted by Crippen LogP contribution is 2.06. The molecular weight excluding hydrogens is 256 g/mol. The SMILES string of the molecule is CCOC(=O)CCN(C)C(=O)Cc1ccc(C#N)cc1. The number of likely N-dealkylation sites (N-methyl/N-ethyl adjacent to an activating group) is 1. The number of carbonyl (C=O) groups excluding carboxylic acids is 2. The second-order valence-electron chi connectivity index (χ2n) is 4.36. The van der Waals surface area contributed by atoms with Crippen molar-refractivity contribution in [3.63, 3.8) is 0 Å². The van der Waals surface area contributed by atoms with Gasteiger partial charge >= 0.3 is 5.97 Å². The van der Waals surface area contributed by atoms with Crippen molar-refractivity contribution in [3.8, 4) is 6.07 Å². The second-order valence-corrected chi connectivity index (χ2v) is 4.36. The maximum absolute atomic E-state index is 11.9. The predicted molar refractivity (Wildman–Crippen MR) is 73.7 cm³/mol. The molecule has 0 unspecified atom stereocenters. The smallest absolute Gasteiger partial charge is 0.307 e. The number of benzene rings is 1. The van der Waals surface area contributed by atoms with E-state index in [1.54, 1.807) is 38.2 Å². The molecule has 0 saturated heterocycles. The van der Waals surface area contributed by atoms with Crippen LogP contribution in [0.5, 0.6) is 0 Å². The molecule has 0 aromatic heterocycles. The summed E-state index contributed by atoms with van der Waals surface area (Å²) in [6.45, 7) is 2.44. The van der Waals surface area contributed by atoms with Crippen molar-refractivity contribution in [2.75, 3.05) is 20.2 Å². The van der Waals surface area contributed by atoms with Crippen molar-refractivity contribution >= 4 is 11.9 Å². The molecule has 0 aliphatic rings. The first kappa shape index (κ1) is 15.7. The van der Waals surface area contributed by atoms with Gasteiger partial charge in [0.15, 0.2) is 0 Å². The highest BCUT2D eigenvalue weighted by Gasteiger charge is 2.11. The van der Waals surface area contributed by atoms with Crippen LogP contribution in [0.4, 0.5) is 0 Å². The first-order chi connectivity index (χ1) is 9.56. The maximum Gasteiger partial charge on any atom is 0.307 e. The van der Waals surface area contributed by atoms with Gasteiger partial charge in [-0.1, -0.05) is 12.1 Å². The average Bonchev–Trinajstić information content (AvgIpc) is 2.45. The molecule has 106 valence electrons. The van der Waals surface area contributed by atoms with Gasteiger partial charge < -0.3 is 9.64 Å². The number of hydrogen-bond acceptors (Lipinski definition) is 4. The molecule has 1 aromatic carbocycles. The number of hydrogen-bond donors (Lipinski definition) is 0. The average molecular weight is 274 g/mol. The molecule has 0 heterocycles. The number of esters is 1. The third kappa shape index (κ3) is 5.11. The molecule has 5 nitrogen and oxygen atoms in total. The fraction of sp³-hybridized carbons (Fsp3) is 0.400. The Bertz CT molecular complexity index is 503. The summed E-state index contributed by atoms with van der Waals surface area (Å²) in [4.78, 5) is 24.7. The van der Waals surface area contributed by atoms with Crippen LogP contribution in [-0.4, -0.2) is 37.0 Å². The van der Waals surface area contributed by atoms with Crippen LogP contribution in [0.25, 0.3) is 0 Å². The molecule has 1 amide bonds. The van der Waals surface area contributed by atoms with Gasteiger partial charge in [-0.05, 0) is 24.6 Å². The largest absolute Gasteiger partial charge is 0.466 e. The quantitative estimate of drug-likeness (QED) is 0.737. The number of amides is 1. The number of carbonyl (C=O) groups is 2. The van der Waals surface area contributed by atoms with Gasteiger partial charge in [0.1, 0.15) is 0 Å². The Morgan fingerprint density at radius 1 is 1.30 bits per heavy atom. The van der Waals surface area contributed by atoms with E-state index in [1.807, 2.05) is 6.07 Å². The summed E-state index contributed by atoms with van der Waals surface area (Å²) >= 11 is 0. The normalized spacial score (nSPS) is 9.65. The van der Waals surface area contributed by atoms with Gasteiger partial charge in [0.2, 0.25) is 5.91 Å². The maximum atomic E-state index is 11.9. The van der Waals surface area contributed by atoms with Crippen molar-refractivity contribution in [3.05, 3.63) is 35.4 Å². The van der Waals surface area contributed by atoms with Gasteiger partial charge in [-0.2, -0.15) is 5.26 Å². The number of nitriles is 1. The van der Waals surface area contributed by atoms with Crippen LogP contribution in [0.1, 0.15) is 24.5 Å². The summed E-state index contributed by atoms with van der Waals surface area (Å²) in [5.41, 5.74) is 1.41. The lowest BCUT2D eigenvalue weighted by Gasteiger charge is -2.16. The molecule has 0 bridgehead atoms. The summed E-state index contributed by atoms with van der Waals surface area (Å²) in [5.74, 6) is -0.371. The Morgan fingerprint density at radius 2 is 1.95 bits per heavy atom. The molecule has 1 rings (SSSR count). The van der Waals surface area contributed by atoms with Crippen molar-refractivity contribution in [2.24, 2.45) is 0 Å². The Morgan fingerprint density at radius 3 is 2.50 bits per heavy atom. The summed E-state index contributed by atoms with van der Waals surface area (Å²) in [6.07, 6.45) is 0.453. The number of ether oxygens (including phenoxy) is 1. The van der Waals surface area contributed by atoms with E-state index in [0.717, 1.165) is 5.56 Å². The zero-order valence-corrected chi connectivity index (χ0v) is 11.8. The molecule has 5 heteroatoms. The van der Waals surface area contributed by atoms with Gasteiger partial charge in [0.25, 0.3) is 0 Å². The van der Waals surface area contributed by atoms with E-state index >= 15 is 0 Å². The minimum atomic E-state index is -0.300. The van der Waals surface area contributed by atoms with Crippen molar-refractivity contribution in [1.29, 1.82) is 5.26 Å². The third-order valence-corrected chi connectivity index (χ3v) is 2.82. The predicted octanol–water partition coefficient (Wildman–Crippen LogP) is 1.51. The van der Waals surface area contributed by atoms with Gasteiger partial charge in [-0.3, -0.25) is 9.59 Å². The van der Waals surface area contributed by atoms with Gasteiger partial charge in [0, 0.05) is 13.6 Å². The molecule has 0 aliphatic carbocycles. The zero-order chi connectivity index (χ0) is 15.0. The van der Waals surface area contributed by atoms with Gasteiger partial charge in [-0.25, -0.2) is 0 Å². The van der Waals surface area contributed by atoms with Crippen molar-refractivity contribution in [1.82, 2.24) is 4.90 Å². The fourth-order valence-electron chi connectivity index (χ4n) is 1.62. The highest BCUT2D eigenvalue weighted by atomic mass is 16.5. The van der Waals surface area contributed by atoms with Crippen LogP contribution >= 0.6 is 0 Å². The molecule has 0 atom stereocenters. The van der Waals surface area contributed by atoms with Crippen molar-refractivity contribution in [2.45, 2.75) is 19.8 Å². The molecule has 1 aromatic rings. The standard InChI is InChI=1S/C15H18N2O3/c1-3-20-15(19)8-9-17(2)14(18)10-12-4-6-13(11-16)7-5-12/h4-7H,3,8-10H2,1-2H3. The Balaban J connectivity index is 2.44. The summed E-state index contributed by atoms with van der Waals surface area (Å²) < 4.78 is 4.81. The first-order valence-electron chi connectivity index (χ1n) is 6.45. The van der Waals surface area contributed by atoms with E-state index in [4.69, 9.17) is 10.00 Å². The topological polar surface area (TPSA) is 70.4 Å². The minimum absolute atomic E-state index is 0.0704. The van der Waals surface area contributed by atoms with E-state index in [2.05, 4.69) is 0 Å². The summed E-state index contributed by atoms with van der Waals surface area (Å²) in [6, 6.07) is 8.91. The third-order valence-electron chi connectivity index (χ3n) is 2.82. The molecular formula is C15H18N2O3. The molecule has 0 N–H and O–H groups in total. The van der Waals surface area contributed by atoms with E-state index in [-0.39, 0.29) is 24.7 Å². The molecule has 0 aliphatic heterocycles. The highest BCUT2D eigenvalue weighted by molar-refractivity contribution is 5.79. The molecule has 0 radical (unpaired) electrons. The lowest BCUT2D eigenvalue weighted by atomic mass is 10.1. The van der Waals surface area contributed by atoms with E-state index < -0.39 is 0 Å². The molecule has 20 heavy (non-hydrogen) atoms. The lowest BCUT2D eigenvalue weighted by molar-refractivity contribution is -0.143. The molecule has 0 fully saturated rings. The van der Waals surface area contributed by atoms with Gasteiger partial charge in [-0.15, -0.1) is 0 Å². The Hall–Kier alpha value is -2.35. The summed E-state index contributed by atoms with van der Waals surface area (Å²) in [7, 11) is 1.66. The van der Waals surface area contributed by atoms with E-state index in [1.165, 1.54) is 4.90 Å². The second kappa shape index (κ2) is 7.95. The Kier molecular flexibility index (Phi) is 6.24. The van der Waals surface area contributed by atoms with Crippen LogP contribution in [0, 0.1) is 11.3 Å². The fourth-order valence-corrected chi connectivity index (χ4v) is 1.62. The summed E-state index contributed by atoms with van der Waals surface area (Å²) in [5, 5.41) is 8.70. The van der Waals surface area contributed by atoms with Crippen LogP contribution in [0.3, 0.4) is 0 Å². The van der Waals surface area contributed by atoms with Gasteiger partial charge in [0.05, 0.1) is 31.1 Å². The zero-order valence-electron chi connectivity index (χ0n) is 11.8. The Labute approximate surface area is 118 Å². The monoisotopic (exact) mass is 274 g/mol. The van der Waals surface area contributed by atoms with Crippen LogP contribution in [0.2, 0.25) is 0 Å². The lowest BCUT2D eigenvalue weighted by Crippen LogP contribution is -2.30. The van der Waals surface area contributed by atoms with Crippen LogP contribution in [0.15, 0.2) is 24.3 Å².